The summed E-state index contributed by atoms with van der Waals surface area (Å²) in [5, 5.41) is 0.668. The van der Waals surface area contributed by atoms with E-state index in [1.165, 1.54) is 0 Å². The summed E-state index contributed by atoms with van der Waals surface area (Å²) in [5.74, 6) is 0. The average Bonchev–Trinajstić information content (AvgIpc) is 2.70. The van der Waals surface area contributed by atoms with E-state index in [4.69, 9.17) is 17.3 Å². The second-order valence-electron chi connectivity index (χ2n) is 3.55. The summed E-state index contributed by atoms with van der Waals surface area (Å²) in [5.41, 5.74) is 7.76. The number of imidazole rings is 1. The van der Waals surface area contributed by atoms with Gasteiger partial charge in [0.15, 0.2) is 0 Å². The average molecular weight is 301 g/mol. The lowest BCUT2D eigenvalue weighted by Gasteiger charge is -2.12. The summed E-state index contributed by atoms with van der Waals surface area (Å²) < 4.78 is 2.78. The maximum absolute atomic E-state index is 6.05. The van der Waals surface area contributed by atoms with Crippen LogP contribution in [0.15, 0.2) is 35.2 Å². The van der Waals surface area contributed by atoms with Gasteiger partial charge in [0.25, 0.3) is 0 Å². The van der Waals surface area contributed by atoms with Crippen LogP contribution in [0.1, 0.15) is 18.7 Å². The molecule has 2 aromatic rings. The maximum Gasteiger partial charge on any atom is 0.0995 e. The minimum atomic E-state index is -0.0756. The predicted molar refractivity (Wildman–Crippen MR) is 68.9 cm³/mol. The lowest BCUT2D eigenvalue weighted by molar-refractivity contribution is 0.751. The van der Waals surface area contributed by atoms with Gasteiger partial charge in [0.1, 0.15) is 0 Å². The molecule has 0 saturated heterocycles. The minimum absolute atomic E-state index is 0.0756. The molecule has 0 bridgehead atoms. The Morgan fingerprint density at radius 2 is 2.25 bits per heavy atom. The van der Waals surface area contributed by atoms with Crippen molar-refractivity contribution in [2.75, 3.05) is 0 Å². The molecule has 0 spiro atoms. The van der Waals surface area contributed by atoms with Gasteiger partial charge in [-0.3, -0.25) is 0 Å². The number of aromatic nitrogens is 2. The van der Waals surface area contributed by atoms with Gasteiger partial charge in [0.05, 0.1) is 33.4 Å². The van der Waals surface area contributed by atoms with Crippen LogP contribution < -0.4 is 5.73 Å². The van der Waals surface area contributed by atoms with Crippen molar-refractivity contribution in [1.29, 1.82) is 0 Å². The van der Waals surface area contributed by atoms with Crippen LogP contribution >= 0.6 is 27.5 Å². The lowest BCUT2D eigenvalue weighted by Crippen LogP contribution is -2.10. The van der Waals surface area contributed by atoms with Crippen molar-refractivity contribution in [2.45, 2.75) is 13.0 Å². The third-order valence-corrected chi connectivity index (χ3v) is 3.70. The summed E-state index contributed by atoms with van der Waals surface area (Å²) in [4.78, 5) is 4.11. The molecule has 0 fully saturated rings. The normalized spacial score (nSPS) is 12.8. The highest BCUT2D eigenvalue weighted by atomic mass is 79.9. The van der Waals surface area contributed by atoms with Crippen molar-refractivity contribution in [3.63, 3.8) is 0 Å². The van der Waals surface area contributed by atoms with Crippen molar-refractivity contribution in [2.24, 2.45) is 5.73 Å². The monoisotopic (exact) mass is 299 g/mol. The zero-order chi connectivity index (χ0) is 11.7. The van der Waals surface area contributed by atoms with Crippen LogP contribution in [0, 0.1) is 0 Å². The molecule has 1 aromatic carbocycles. The van der Waals surface area contributed by atoms with Gasteiger partial charge in [0, 0.05) is 6.04 Å². The smallest absolute Gasteiger partial charge is 0.0995 e. The van der Waals surface area contributed by atoms with E-state index in [0.717, 1.165) is 15.9 Å². The molecule has 0 amide bonds. The fraction of sp³-hybridized carbons (Fsp3) is 0.182. The summed E-state index contributed by atoms with van der Waals surface area (Å²) in [6, 6.07) is 5.61. The van der Waals surface area contributed by atoms with Crippen LogP contribution in [0.2, 0.25) is 5.02 Å². The molecule has 2 N–H and O–H groups in total. The highest BCUT2D eigenvalue weighted by Gasteiger charge is 2.11. The molecule has 0 radical (unpaired) electrons. The zero-order valence-electron chi connectivity index (χ0n) is 8.69. The van der Waals surface area contributed by atoms with Gasteiger partial charge in [-0.15, -0.1) is 0 Å². The quantitative estimate of drug-likeness (QED) is 0.924. The molecule has 1 aromatic heterocycles. The Bertz CT molecular complexity index is 508. The van der Waals surface area contributed by atoms with Crippen molar-refractivity contribution in [3.8, 4) is 5.69 Å². The Morgan fingerprint density at radius 1 is 1.50 bits per heavy atom. The number of nitrogens with two attached hydrogens (primary N) is 1. The van der Waals surface area contributed by atoms with E-state index in [2.05, 4.69) is 20.9 Å². The highest BCUT2D eigenvalue weighted by molar-refractivity contribution is 9.10. The molecule has 0 aliphatic carbocycles. The van der Waals surface area contributed by atoms with Crippen molar-refractivity contribution < 1.29 is 0 Å². The molecular formula is C11H11BrClN3. The van der Waals surface area contributed by atoms with Crippen molar-refractivity contribution in [1.82, 2.24) is 9.55 Å². The largest absolute Gasteiger partial charge is 0.323 e. The summed E-state index contributed by atoms with van der Waals surface area (Å²) in [6.07, 6.45) is 3.49. The second-order valence-corrected chi connectivity index (χ2v) is 4.75. The number of nitrogens with zero attached hydrogens (tertiary/aromatic N) is 2. The first-order chi connectivity index (χ1) is 7.61. The topological polar surface area (TPSA) is 43.8 Å². The number of benzene rings is 1. The Kier molecular flexibility index (Phi) is 3.33. The fourth-order valence-electron chi connectivity index (χ4n) is 1.52. The van der Waals surface area contributed by atoms with Gasteiger partial charge in [-0.05, 0) is 35.0 Å². The van der Waals surface area contributed by atoms with Gasteiger partial charge >= 0.3 is 0 Å². The number of hydrogen-bond donors (Lipinski definition) is 1. The van der Waals surface area contributed by atoms with Crippen molar-refractivity contribution >= 4 is 27.5 Å². The minimum Gasteiger partial charge on any atom is -0.323 e. The Balaban J connectivity index is 2.59. The predicted octanol–water partition coefficient (Wildman–Crippen LogP) is 3.31. The Morgan fingerprint density at radius 3 is 2.94 bits per heavy atom. The van der Waals surface area contributed by atoms with Crippen LogP contribution in [0.4, 0.5) is 0 Å². The molecular weight excluding hydrogens is 289 g/mol. The lowest BCUT2D eigenvalue weighted by atomic mass is 10.2. The Labute approximate surface area is 107 Å². The second kappa shape index (κ2) is 4.57. The zero-order valence-corrected chi connectivity index (χ0v) is 11.0. The maximum atomic E-state index is 6.05. The molecule has 1 atom stereocenters. The fourth-order valence-corrected chi connectivity index (χ4v) is 2.15. The van der Waals surface area contributed by atoms with E-state index < -0.39 is 0 Å². The van der Waals surface area contributed by atoms with Gasteiger partial charge in [-0.1, -0.05) is 17.7 Å². The molecule has 3 nitrogen and oxygen atoms in total. The van der Waals surface area contributed by atoms with Gasteiger partial charge < -0.3 is 10.3 Å². The highest BCUT2D eigenvalue weighted by Crippen LogP contribution is 2.30. The van der Waals surface area contributed by atoms with Crippen LogP contribution in [-0.2, 0) is 0 Å². The molecule has 84 valence electrons. The standard InChI is InChI=1S/C11H11BrClN3/c1-7(14)10-5-15-6-16(10)9-4-2-3-8(13)11(9)12/h2-7H,14H2,1H3/t7-/m1/s1. The molecule has 2 rings (SSSR count). The van der Waals surface area contributed by atoms with Crippen LogP contribution in [0.3, 0.4) is 0 Å². The van der Waals surface area contributed by atoms with E-state index in [0.29, 0.717) is 5.02 Å². The number of rotatable bonds is 2. The van der Waals surface area contributed by atoms with E-state index in [1.807, 2.05) is 29.7 Å². The number of hydrogen-bond acceptors (Lipinski definition) is 2. The molecule has 1 heterocycles. The first-order valence-corrected chi connectivity index (χ1v) is 6.00. The molecule has 16 heavy (non-hydrogen) atoms. The van der Waals surface area contributed by atoms with Crippen LogP contribution in [0.5, 0.6) is 0 Å². The third-order valence-electron chi connectivity index (χ3n) is 2.32. The number of halogens is 2. The summed E-state index contributed by atoms with van der Waals surface area (Å²) in [6.45, 7) is 1.92. The molecule has 0 aliphatic rings. The van der Waals surface area contributed by atoms with E-state index >= 15 is 0 Å². The SMILES string of the molecule is C[C@@H](N)c1cncn1-c1cccc(Cl)c1Br. The Hall–Kier alpha value is -0.840. The van der Waals surface area contributed by atoms with Crippen molar-refractivity contribution in [3.05, 3.63) is 45.9 Å². The first kappa shape index (κ1) is 11.6. The van der Waals surface area contributed by atoms with Gasteiger partial charge in [-0.2, -0.15) is 0 Å². The van der Waals surface area contributed by atoms with Gasteiger partial charge in [0.2, 0.25) is 0 Å². The van der Waals surface area contributed by atoms with Gasteiger partial charge in [-0.25, -0.2) is 4.98 Å². The van der Waals surface area contributed by atoms with E-state index in [9.17, 15) is 0 Å². The first-order valence-electron chi connectivity index (χ1n) is 4.83. The molecule has 0 saturated carbocycles. The van der Waals surface area contributed by atoms with Crippen LogP contribution in [0.25, 0.3) is 5.69 Å². The molecule has 0 unspecified atom stereocenters. The molecule has 0 aliphatic heterocycles. The summed E-state index contributed by atoms with van der Waals surface area (Å²) in [7, 11) is 0. The van der Waals surface area contributed by atoms with E-state index in [1.54, 1.807) is 12.5 Å². The summed E-state index contributed by atoms with van der Waals surface area (Å²) >= 11 is 9.51. The molecule has 5 heteroatoms. The van der Waals surface area contributed by atoms with Crippen LogP contribution in [-0.4, -0.2) is 9.55 Å². The third kappa shape index (κ3) is 2.00. The van der Waals surface area contributed by atoms with E-state index in [-0.39, 0.29) is 6.04 Å².